The van der Waals surface area contributed by atoms with Gasteiger partial charge in [0.15, 0.2) is 0 Å². The first-order valence-electron chi connectivity index (χ1n) is 3.69. The summed E-state index contributed by atoms with van der Waals surface area (Å²) in [6, 6.07) is 0. The summed E-state index contributed by atoms with van der Waals surface area (Å²) in [5.74, 6) is 0. The van der Waals surface area contributed by atoms with Crippen molar-refractivity contribution in [2.75, 3.05) is 0 Å². The summed E-state index contributed by atoms with van der Waals surface area (Å²) >= 11 is 0. The van der Waals surface area contributed by atoms with Crippen molar-refractivity contribution in [2.24, 2.45) is 0 Å². The van der Waals surface area contributed by atoms with Crippen LogP contribution in [0.25, 0.3) is 0 Å². The molecule has 0 bridgehead atoms. The van der Waals surface area contributed by atoms with Crippen LogP contribution in [0.15, 0.2) is 0 Å². The molecule has 0 nitrogen and oxygen atoms in total. The van der Waals surface area contributed by atoms with E-state index in [-0.39, 0.29) is 0 Å². The molecular weight excluding hydrogens is 96.1 g/mol. The molecule has 0 aromatic rings. The summed E-state index contributed by atoms with van der Waals surface area (Å²) in [6.07, 6.45) is 9.32. The van der Waals surface area contributed by atoms with E-state index in [1.165, 1.54) is 32.1 Å². The van der Waals surface area contributed by atoms with E-state index < -0.39 is 0 Å². The van der Waals surface area contributed by atoms with E-state index in [0.29, 0.717) is 0 Å². The third kappa shape index (κ3) is 5.87. The fourth-order valence-corrected chi connectivity index (χ4v) is 0.250. The second-order valence-corrected chi connectivity index (χ2v) is 2.23. The lowest BCUT2D eigenvalue weighted by Crippen LogP contribution is -1.85. The monoisotopic (exact) mass is 113 g/mol. The van der Waals surface area contributed by atoms with Gasteiger partial charge in [-0.05, 0) is 6.92 Å². The molecular formula is C8H17+. The van der Waals surface area contributed by atoms with Gasteiger partial charge in [-0.2, -0.15) is 0 Å². The van der Waals surface area contributed by atoms with Crippen LogP contribution in [-0.2, 0) is 0 Å². The van der Waals surface area contributed by atoms with Crippen molar-refractivity contribution < 1.29 is 0 Å². The van der Waals surface area contributed by atoms with E-state index in [2.05, 4.69) is 20.3 Å². The number of unbranched alkanes of at least 4 members (excludes halogenated alkanes) is 1. The van der Waals surface area contributed by atoms with Gasteiger partial charge in [-0.1, -0.05) is 25.7 Å². The van der Waals surface area contributed by atoms with Crippen LogP contribution in [0.4, 0.5) is 0 Å². The fraction of sp³-hybridized carbons (Fsp3) is 0.875. The summed E-state index contributed by atoms with van der Waals surface area (Å²) in [4.78, 5) is 0. The summed E-state index contributed by atoms with van der Waals surface area (Å²) in [7, 11) is 0. The standard InChI is InChI=1S/C4H8.C4H9/c1-2-4-3-1;1-3-4-2/h1-4H2;3H,4H2,1-2H3/q;+1. The first-order valence-corrected chi connectivity index (χ1v) is 3.69. The Labute approximate surface area is 53.3 Å². The van der Waals surface area contributed by atoms with Gasteiger partial charge in [0.1, 0.15) is 0 Å². The van der Waals surface area contributed by atoms with E-state index in [9.17, 15) is 0 Å². The molecule has 1 aliphatic rings. The molecule has 0 heterocycles. The van der Waals surface area contributed by atoms with Crippen molar-refractivity contribution in [1.82, 2.24) is 0 Å². The molecule has 0 aromatic heterocycles. The number of hydrogen-bond donors (Lipinski definition) is 0. The number of hydrogen-bond acceptors (Lipinski definition) is 0. The molecule has 0 radical (unpaired) electrons. The predicted octanol–water partition coefficient (Wildman–Crippen LogP) is 3.18. The van der Waals surface area contributed by atoms with Gasteiger partial charge in [-0.15, -0.1) is 0 Å². The second kappa shape index (κ2) is 6.87. The van der Waals surface area contributed by atoms with Gasteiger partial charge in [0.05, 0.1) is 19.8 Å². The average molecular weight is 113 g/mol. The predicted molar refractivity (Wildman–Crippen MR) is 38.7 cm³/mol. The van der Waals surface area contributed by atoms with E-state index in [1.807, 2.05) is 0 Å². The maximum Gasteiger partial charge on any atom is 0.0844 e. The quantitative estimate of drug-likeness (QED) is 0.458. The van der Waals surface area contributed by atoms with E-state index in [4.69, 9.17) is 0 Å². The Morgan fingerprint density at radius 3 is 1.38 bits per heavy atom. The van der Waals surface area contributed by atoms with Crippen molar-refractivity contribution in [3.05, 3.63) is 6.42 Å². The van der Waals surface area contributed by atoms with Crippen molar-refractivity contribution in [3.8, 4) is 0 Å². The van der Waals surface area contributed by atoms with Crippen LogP contribution in [0.3, 0.4) is 0 Å². The van der Waals surface area contributed by atoms with Gasteiger partial charge < -0.3 is 0 Å². The van der Waals surface area contributed by atoms with Crippen LogP contribution in [0.5, 0.6) is 0 Å². The van der Waals surface area contributed by atoms with Crippen molar-refractivity contribution in [2.45, 2.75) is 46.0 Å². The Morgan fingerprint density at radius 2 is 1.38 bits per heavy atom. The third-order valence-corrected chi connectivity index (χ3v) is 1.41. The maximum absolute atomic E-state index is 2.12. The summed E-state index contributed by atoms with van der Waals surface area (Å²) in [5, 5.41) is 0. The first kappa shape index (κ1) is 7.87. The van der Waals surface area contributed by atoms with Crippen LogP contribution in [-0.4, -0.2) is 0 Å². The molecule has 0 unspecified atom stereocenters. The molecule has 0 spiro atoms. The van der Waals surface area contributed by atoms with Crippen LogP contribution >= 0.6 is 0 Å². The van der Waals surface area contributed by atoms with Gasteiger partial charge >= 0.3 is 0 Å². The van der Waals surface area contributed by atoms with Gasteiger partial charge in [-0.3, -0.25) is 0 Å². The lowest BCUT2D eigenvalue weighted by Gasteiger charge is -2.05. The molecule has 0 aliphatic heterocycles. The van der Waals surface area contributed by atoms with Crippen LogP contribution in [0.2, 0.25) is 0 Å². The number of rotatable bonds is 1. The fourth-order valence-electron chi connectivity index (χ4n) is 0.250. The molecule has 0 amide bonds. The minimum atomic E-state index is 1.19. The second-order valence-electron chi connectivity index (χ2n) is 2.23. The average Bonchev–Trinajstić information content (AvgIpc) is 1.61. The van der Waals surface area contributed by atoms with Gasteiger partial charge in [0.25, 0.3) is 0 Å². The van der Waals surface area contributed by atoms with Gasteiger partial charge in [0, 0.05) is 0 Å². The molecule has 1 aliphatic carbocycles. The Balaban J connectivity index is 0.000000122. The summed E-state index contributed by atoms with van der Waals surface area (Å²) < 4.78 is 0. The lowest BCUT2D eigenvalue weighted by atomic mass is 10.0. The molecule has 0 atom stereocenters. The molecule has 1 rings (SSSR count). The summed E-state index contributed by atoms with van der Waals surface area (Å²) in [6.45, 7) is 4.18. The van der Waals surface area contributed by atoms with Crippen molar-refractivity contribution >= 4 is 0 Å². The topological polar surface area (TPSA) is 0 Å². The molecule has 0 heteroatoms. The highest BCUT2D eigenvalue weighted by Gasteiger charge is 1.95. The zero-order valence-electron chi connectivity index (χ0n) is 6.11. The molecule has 0 saturated heterocycles. The van der Waals surface area contributed by atoms with E-state index in [1.54, 1.807) is 0 Å². The van der Waals surface area contributed by atoms with Gasteiger partial charge in [0.2, 0.25) is 0 Å². The normalized spacial score (nSPS) is 15.2. The van der Waals surface area contributed by atoms with Crippen molar-refractivity contribution in [1.29, 1.82) is 0 Å². The molecule has 0 N–H and O–H groups in total. The zero-order valence-corrected chi connectivity index (χ0v) is 6.11. The maximum atomic E-state index is 2.12. The molecule has 8 heavy (non-hydrogen) atoms. The Morgan fingerprint density at radius 1 is 1.12 bits per heavy atom. The highest BCUT2D eigenvalue weighted by atomic mass is 14.0. The largest absolute Gasteiger partial charge is 0.0844 e. The van der Waals surface area contributed by atoms with Crippen LogP contribution in [0.1, 0.15) is 46.0 Å². The highest BCUT2D eigenvalue weighted by molar-refractivity contribution is 4.50. The Hall–Kier alpha value is -0.130. The molecule has 0 aromatic carbocycles. The third-order valence-electron chi connectivity index (χ3n) is 1.41. The van der Waals surface area contributed by atoms with E-state index in [0.717, 1.165) is 0 Å². The van der Waals surface area contributed by atoms with Crippen LogP contribution in [0, 0.1) is 6.42 Å². The zero-order chi connectivity index (χ0) is 6.24. The SMILES string of the molecule is C1CCC1.C[CH+]CC. The van der Waals surface area contributed by atoms with E-state index >= 15 is 0 Å². The Bertz CT molecular complexity index is 21.0. The highest BCUT2D eigenvalue weighted by Crippen LogP contribution is 2.15. The minimum Gasteiger partial charge on any atom is -0.0533 e. The van der Waals surface area contributed by atoms with Crippen LogP contribution < -0.4 is 0 Å². The van der Waals surface area contributed by atoms with Crippen molar-refractivity contribution in [3.63, 3.8) is 0 Å². The molecule has 1 saturated carbocycles. The summed E-state index contributed by atoms with van der Waals surface area (Å²) in [5.41, 5.74) is 0. The molecule has 1 fully saturated rings. The molecule has 48 valence electrons. The smallest absolute Gasteiger partial charge is 0.0533 e. The Kier molecular flexibility index (Phi) is 6.76. The van der Waals surface area contributed by atoms with Gasteiger partial charge in [-0.25, -0.2) is 0 Å². The first-order chi connectivity index (χ1) is 3.91. The lowest BCUT2D eigenvalue weighted by molar-refractivity contribution is 0.504. The minimum absolute atomic E-state index is 1.19.